The van der Waals surface area contributed by atoms with Gasteiger partial charge < -0.3 is 11.1 Å². The van der Waals surface area contributed by atoms with Crippen LogP contribution < -0.4 is 11.1 Å². The van der Waals surface area contributed by atoms with Crippen LogP contribution in [0.3, 0.4) is 0 Å². The van der Waals surface area contributed by atoms with Crippen molar-refractivity contribution in [1.29, 1.82) is 0 Å². The molecular formula is C15H16F2N2. The Morgan fingerprint density at radius 2 is 1.84 bits per heavy atom. The molecule has 4 heteroatoms. The molecule has 0 bridgehead atoms. The molecule has 1 atom stereocenters. The van der Waals surface area contributed by atoms with Gasteiger partial charge in [0.05, 0.1) is 11.7 Å². The number of para-hydroxylation sites is 1. The van der Waals surface area contributed by atoms with Crippen LogP contribution in [0.15, 0.2) is 42.5 Å². The van der Waals surface area contributed by atoms with Crippen LogP contribution in [-0.2, 0) is 0 Å². The molecular weight excluding hydrogens is 246 g/mol. The van der Waals surface area contributed by atoms with Gasteiger partial charge in [0.2, 0.25) is 0 Å². The smallest absolute Gasteiger partial charge is 0.146 e. The van der Waals surface area contributed by atoms with Gasteiger partial charge in [0.15, 0.2) is 0 Å². The minimum absolute atomic E-state index is 0.247. The van der Waals surface area contributed by atoms with Crippen LogP contribution >= 0.6 is 0 Å². The van der Waals surface area contributed by atoms with Crippen LogP contribution in [0.2, 0.25) is 0 Å². The van der Waals surface area contributed by atoms with Crippen molar-refractivity contribution in [3.05, 3.63) is 65.2 Å². The molecule has 2 nitrogen and oxygen atoms in total. The maximum atomic E-state index is 13.6. The molecule has 0 spiro atoms. The first-order valence-electron chi connectivity index (χ1n) is 6.09. The summed E-state index contributed by atoms with van der Waals surface area (Å²) in [6, 6.07) is 10.9. The molecule has 0 aliphatic heterocycles. The zero-order valence-electron chi connectivity index (χ0n) is 10.7. The first kappa shape index (κ1) is 13.5. The number of hydrogen-bond donors (Lipinski definition) is 2. The van der Waals surface area contributed by atoms with Crippen LogP contribution in [0.5, 0.6) is 0 Å². The van der Waals surface area contributed by atoms with Crippen molar-refractivity contribution in [2.45, 2.75) is 13.0 Å². The molecule has 1 unspecified atom stereocenters. The maximum Gasteiger partial charge on any atom is 0.146 e. The molecule has 0 saturated carbocycles. The van der Waals surface area contributed by atoms with Crippen molar-refractivity contribution < 1.29 is 8.78 Å². The van der Waals surface area contributed by atoms with Crippen LogP contribution in [0.25, 0.3) is 0 Å². The van der Waals surface area contributed by atoms with Gasteiger partial charge in [-0.15, -0.1) is 0 Å². The third-order valence-corrected chi connectivity index (χ3v) is 3.04. The summed E-state index contributed by atoms with van der Waals surface area (Å²) in [6.45, 7) is 1.94. The Hall–Kier alpha value is -1.94. The molecule has 2 rings (SSSR count). The van der Waals surface area contributed by atoms with Crippen molar-refractivity contribution in [1.82, 2.24) is 0 Å². The summed E-state index contributed by atoms with van der Waals surface area (Å²) >= 11 is 0. The largest absolute Gasteiger partial charge is 0.375 e. The van der Waals surface area contributed by atoms with E-state index in [0.717, 1.165) is 0 Å². The van der Waals surface area contributed by atoms with Crippen molar-refractivity contribution in [3.8, 4) is 0 Å². The zero-order valence-corrected chi connectivity index (χ0v) is 10.7. The Kier molecular flexibility index (Phi) is 4.12. The van der Waals surface area contributed by atoms with E-state index in [1.807, 2.05) is 0 Å². The second-order valence-electron chi connectivity index (χ2n) is 4.42. The third kappa shape index (κ3) is 3.09. The highest BCUT2D eigenvalue weighted by molar-refractivity contribution is 5.47. The number of halogens is 2. The molecule has 19 heavy (non-hydrogen) atoms. The van der Waals surface area contributed by atoms with Gasteiger partial charge in [-0.05, 0) is 36.2 Å². The fourth-order valence-electron chi connectivity index (χ4n) is 1.87. The van der Waals surface area contributed by atoms with Crippen molar-refractivity contribution in [2.75, 3.05) is 11.9 Å². The standard InChI is InChI=1S/C15H16F2N2/c1-10-6-7-11(8-13(10)17)15(9-18)19-14-5-3-2-4-12(14)16/h2-8,15,19H,9,18H2,1H3. The molecule has 0 saturated heterocycles. The van der Waals surface area contributed by atoms with Gasteiger partial charge in [-0.1, -0.05) is 24.3 Å². The van der Waals surface area contributed by atoms with E-state index in [4.69, 9.17) is 5.73 Å². The van der Waals surface area contributed by atoms with E-state index in [9.17, 15) is 8.78 Å². The normalized spacial score (nSPS) is 12.2. The summed E-state index contributed by atoms with van der Waals surface area (Å²) in [4.78, 5) is 0. The van der Waals surface area contributed by atoms with E-state index in [1.165, 1.54) is 12.1 Å². The molecule has 2 aromatic carbocycles. The quantitative estimate of drug-likeness (QED) is 0.886. The van der Waals surface area contributed by atoms with Crippen LogP contribution in [-0.4, -0.2) is 6.54 Å². The lowest BCUT2D eigenvalue weighted by Gasteiger charge is -2.19. The maximum absolute atomic E-state index is 13.6. The summed E-state index contributed by atoms with van der Waals surface area (Å²) in [6.07, 6.45) is 0. The van der Waals surface area contributed by atoms with Gasteiger partial charge in [-0.2, -0.15) is 0 Å². The van der Waals surface area contributed by atoms with E-state index in [-0.39, 0.29) is 24.2 Å². The third-order valence-electron chi connectivity index (χ3n) is 3.04. The Bertz CT molecular complexity index is 570. The second-order valence-corrected chi connectivity index (χ2v) is 4.42. The number of anilines is 1. The number of nitrogens with one attached hydrogen (secondary N) is 1. The van der Waals surface area contributed by atoms with E-state index < -0.39 is 0 Å². The minimum Gasteiger partial charge on any atom is -0.375 e. The topological polar surface area (TPSA) is 38.0 Å². The van der Waals surface area contributed by atoms with Crippen LogP contribution in [0.4, 0.5) is 14.5 Å². The average Bonchev–Trinajstić information content (AvgIpc) is 2.41. The molecule has 3 N–H and O–H groups in total. The molecule has 100 valence electrons. The Labute approximate surface area is 111 Å². The summed E-state index contributed by atoms with van der Waals surface area (Å²) in [5.74, 6) is -0.639. The lowest BCUT2D eigenvalue weighted by Crippen LogP contribution is -2.21. The second kappa shape index (κ2) is 5.80. The number of hydrogen-bond acceptors (Lipinski definition) is 2. The van der Waals surface area contributed by atoms with Gasteiger partial charge in [0.1, 0.15) is 11.6 Å². The molecule has 0 aliphatic carbocycles. The van der Waals surface area contributed by atoms with Crippen molar-refractivity contribution >= 4 is 5.69 Å². The fourth-order valence-corrected chi connectivity index (χ4v) is 1.87. The van der Waals surface area contributed by atoms with Crippen LogP contribution in [0, 0.1) is 18.6 Å². The molecule has 0 amide bonds. The van der Waals surface area contributed by atoms with Crippen molar-refractivity contribution in [3.63, 3.8) is 0 Å². The SMILES string of the molecule is Cc1ccc(C(CN)Nc2ccccc2F)cc1F. The van der Waals surface area contributed by atoms with E-state index in [0.29, 0.717) is 16.8 Å². The van der Waals surface area contributed by atoms with Gasteiger partial charge >= 0.3 is 0 Å². The first-order chi connectivity index (χ1) is 9.11. The monoisotopic (exact) mass is 262 g/mol. The molecule has 0 fully saturated rings. The summed E-state index contributed by atoms with van der Waals surface area (Å²) < 4.78 is 27.1. The van der Waals surface area contributed by atoms with Crippen molar-refractivity contribution in [2.24, 2.45) is 5.73 Å². The molecule has 2 aromatic rings. The first-order valence-corrected chi connectivity index (χ1v) is 6.09. The lowest BCUT2D eigenvalue weighted by molar-refractivity contribution is 0.611. The molecule has 0 aliphatic rings. The summed E-state index contributed by atoms with van der Waals surface area (Å²) in [7, 11) is 0. The predicted octanol–water partition coefficient (Wildman–Crippen LogP) is 3.39. The van der Waals surface area contributed by atoms with E-state index in [1.54, 1.807) is 37.3 Å². The van der Waals surface area contributed by atoms with Gasteiger partial charge in [0, 0.05) is 6.54 Å². The Morgan fingerprint density at radius 1 is 1.11 bits per heavy atom. The number of aryl methyl sites for hydroxylation is 1. The van der Waals surface area contributed by atoms with Gasteiger partial charge in [0.25, 0.3) is 0 Å². The highest BCUT2D eigenvalue weighted by Crippen LogP contribution is 2.22. The highest BCUT2D eigenvalue weighted by Gasteiger charge is 2.13. The van der Waals surface area contributed by atoms with Gasteiger partial charge in [-0.3, -0.25) is 0 Å². The molecule has 0 aromatic heterocycles. The van der Waals surface area contributed by atoms with Gasteiger partial charge in [-0.25, -0.2) is 8.78 Å². The molecule has 0 radical (unpaired) electrons. The number of rotatable bonds is 4. The van der Waals surface area contributed by atoms with Crippen LogP contribution in [0.1, 0.15) is 17.2 Å². The Balaban J connectivity index is 2.25. The average molecular weight is 262 g/mol. The van der Waals surface area contributed by atoms with E-state index >= 15 is 0 Å². The fraction of sp³-hybridized carbons (Fsp3) is 0.200. The minimum atomic E-state index is -0.353. The summed E-state index contributed by atoms with van der Waals surface area (Å²) in [5, 5.41) is 2.99. The predicted molar refractivity (Wildman–Crippen MR) is 73.0 cm³/mol. The Morgan fingerprint density at radius 3 is 2.47 bits per heavy atom. The number of benzene rings is 2. The summed E-state index contributed by atoms with van der Waals surface area (Å²) in [5.41, 5.74) is 7.32. The highest BCUT2D eigenvalue weighted by atomic mass is 19.1. The lowest BCUT2D eigenvalue weighted by atomic mass is 10.0. The molecule has 0 heterocycles. The van der Waals surface area contributed by atoms with E-state index in [2.05, 4.69) is 5.32 Å². The zero-order chi connectivity index (χ0) is 13.8. The number of nitrogens with two attached hydrogens (primary N) is 1.